The number of nitrogens with one attached hydrogen (secondary N) is 2. The average Bonchev–Trinajstić information content (AvgIpc) is 2.48. The summed E-state index contributed by atoms with van der Waals surface area (Å²) in [7, 11) is 0. The number of hydrogen-bond donors (Lipinski definition) is 2. The van der Waals surface area contributed by atoms with Crippen molar-refractivity contribution in [1.29, 1.82) is 0 Å². The molecule has 0 bridgehead atoms. The summed E-state index contributed by atoms with van der Waals surface area (Å²) in [5.41, 5.74) is 0.270. The van der Waals surface area contributed by atoms with Crippen LogP contribution in [0.3, 0.4) is 0 Å². The zero-order chi connectivity index (χ0) is 15.3. The van der Waals surface area contributed by atoms with Gasteiger partial charge in [-0.3, -0.25) is 4.79 Å². The van der Waals surface area contributed by atoms with Crippen LogP contribution in [0, 0.1) is 5.92 Å². The summed E-state index contributed by atoms with van der Waals surface area (Å²) in [6, 6.07) is 7.56. The maximum atomic E-state index is 12.5. The number of halogens is 1. The highest BCUT2D eigenvalue weighted by atomic mass is 35.5. The van der Waals surface area contributed by atoms with Crippen LogP contribution in [0.4, 0.5) is 0 Å². The van der Waals surface area contributed by atoms with E-state index in [1.165, 1.54) is 12.8 Å². The van der Waals surface area contributed by atoms with Gasteiger partial charge in [-0.15, -0.1) is 0 Å². The molecule has 1 fully saturated rings. The van der Waals surface area contributed by atoms with Crippen LogP contribution in [0.1, 0.15) is 38.7 Å². The molecule has 1 aliphatic rings. The van der Waals surface area contributed by atoms with E-state index in [0.717, 1.165) is 31.6 Å². The van der Waals surface area contributed by atoms with Crippen LogP contribution < -0.4 is 10.6 Å². The summed E-state index contributed by atoms with van der Waals surface area (Å²) < 4.78 is 0. The topological polar surface area (TPSA) is 41.1 Å². The zero-order valence-corrected chi connectivity index (χ0v) is 13.7. The van der Waals surface area contributed by atoms with Crippen molar-refractivity contribution in [1.82, 2.24) is 10.6 Å². The summed E-state index contributed by atoms with van der Waals surface area (Å²) in [5.74, 6) is 0.724. The first-order chi connectivity index (χ1) is 10.0. The van der Waals surface area contributed by atoms with Crippen molar-refractivity contribution in [2.75, 3.05) is 19.6 Å². The lowest BCUT2D eigenvalue weighted by atomic mass is 9.83. The van der Waals surface area contributed by atoms with Gasteiger partial charge in [0.15, 0.2) is 0 Å². The Balaban J connectivity index is 1.88. The SMILES string of the molecule is CC(C)(C(=O)NCCC1CCCNC1)c1ccccc1Cl. The Hall–Kier alpha value is -1.06. The quantitative estimate of drug-likeness (QED) is 0.877. The van der Waals surface area contributed by atoms with Crippen LogP contribution in [0.25, 0.3) is 0 Å². The molecule has 3 nitrogen and oxygen atoms in total. The number of carbonyl (C=O) groups excluding carboxylic acids is 1. The zero-order valence-electron chi connectivity index (χ0n) is 12.9. The molecule has 1 aromatic carbocycles. The highest BCUT2D eigenvalue weighted by molar-refractivity contribution is 6.31. The lowest BCUT2D eigenvalue weighted by Gasteiger charge is -2.27. The number of hydrogen-bond acceptors (Lipinski definition) is 2. The van der Waals surface area contributed by atoms with Crippen LogP contribution in [0.15, 0.2) is 24.3 Å². The van der Waals surface area contributed by atoms with Crippen molar-refractivity contribution >= 4 is 17.5 Å². The molecule has 1 unspecified atom stereocenters. The van der Waals surface area contributed by atoms with E-state index in [1.807, 2.05) is 38.1 Å². The van der Waals surface area contributed by atoms with Gasteiger partial charge in [-0.05, 0) is 63.7 Å². The molecule has 1 aromatic rings. The molecule has 1 atom stereocenters. The molecule has 0 saturated carbocycles. The van der Waals surface area contributed by atoms with Crippen LogP contribution >= 0.6 is 11.6 Å². The van der Waals surface area contributed by atoms with E-state index in [-0.39, 0.29) is 5.91 Å². The van der Waals surface area contributed by atoms with Crippen molar-refractivity contribution < 1.29 is 4.79 Å². The Labute approximate surface area is 132 Å². The van der Waals surface area contributed by atoms with Gasteiger partial charge in [-0.2, -0.15) is 0 Å². The minimum absolute atomic E-state index is 0.0411. The number of rotatable bonds is 5. The molecule has 0 spiro atoms. The number of benzene rings is 1. The van der Waals surface area contributed by atoms with Crippen molar-refractivity contribution in [3.63, 3.8) is 0 Å². The van der Waals surface area contributed by atoms with Gasteiger partial charge in [0.2, 0.25) is 5.91 Å². The Kier molecular flexibility index (Phi) is 5.65. The summed E-state index contributed by atoms with van der Waals surface area (Å²) >= 11 is 6.22. The van der Waals surface area contributed by atoms with Crippen molar-refractivity contribution in [2.45, 2.75) is 38.5 Å². The molecule has 2 N–H and O–H groups in total. The molecule has 1 heterocycles. The second-order valence-corrected chi connectivity index (χ2v) is 6.77. The minimum Gasteiger partial charge on any atom is -0.355 e. The number of amides is 1. The highest BCUT2D eigenvalue weighted by Gasteiger charge is 2.31. The van der Waals surface area contributed by atoms with E-state index in [2.05, 4.69) is 10.6 Å². The van der Waals surface area contributed by atoms with Crippen LogP contribution in [-0.2, 0) is 10.2 Å². The normalized spacial score (nSPS) is 19.3. The van der Waals surface area contributed by atoms with Crippen LogP contribution in [-0.4, -0.2) is 25.5 Å². The van der Waals surface area contributed by atoms with Gasteiger partial charge >= 0.3 is 0 Å². The maximum Gasteiger partial charge on any atom is 0.230 e. The fourth-order valence-corrected chi connectivity index (χ4v) is 3.24. The predicted octanol–water partition coefficient (Wildman–Crippen LogP) is 3.12. The lowest BCUT2D eigenvalue weighted by molar-refractivity contribution is -0.125. The van der Waals surface area contributed by atoms with E-state index in [9.17, 15) is 4.79 Å². The molecule has 21 heavy (non-hydrogen) atoms. The Morgan fingerprint density at radius 1 is 1.43 bits per heavy atom. The Bertz CT molecular complexity index is 481. The summed E-state index contributed by atoms with van der Waals surface area (Å²) in [6.07, 6.45) is 3.54. The predicted molar refractivity (Wildman–Crippen MR) is 87.7 cm³/mol. The van der Waals surface area contributed by atoms with Crippen molar-refractivity contribution in [3.8, 4) is 0 Å². The first-order valence-corrected chi connectivity index (χ1v) is 8.13. The van der Waals surface area contributed by atoms with Gasteiger partial charge in [-0.1, -0.05) is 29.8 Å². The lowest BCUT2D eigenvalue weighted by Crippen LogP contribution is -2.41. The summed E-state index contributed by atoms with van der Waals surface area (Å²) in [4.78, 5) is 12.5. The van der Waals surface area contributed by atoms with E-state index in [0.29, 0.717) is 10.9 Å². The summed E-state index contributed by atoms with van der Waals surface area (Å²) in [6.45, 7) is 6.78. The molecule has 1 saturated heterocycles. The van der Waals surface area contributed by atoms with Crippen LogP contribution in [0.2, 0.25) is 5.02 Å². The fraction of sp³-hybridized carbons (Fsp3) is 0.588. The molecular weight excluding hydrogens is 284 g/mol. The van der Waals surface area contributed by atoms with Gasteiger partial charge in [0.05, 0.1) is 5.41 Å². The standard InChI is InChI=1S/C17H25ClN2O/c1-17(2,14-7-3-4-8-15(14)18)16(21)20-11-9-13-6-5-10-19-12-13/h3-4,7-8,13,19H,5-6,9-12H2,1-2H3,(H,20,21). The van der Waals surface area contributed by atoms with Gasteiger partial charge in [0, 0.05) is 11.6 Å². The van der Waals surface area contributed by atoms with E-state index < -0.39 is 5.41 Å². The monoisotopic (exact) mass is 308 g/mol. The third kappa shape index (κ3) is 4.21. The Morgan fingerprint density at radius 2 is 2.19 bits per heavy atom. The molecule has 116 valence electrons. The van der Waals surface area contributed by atoms with Gasteiger partial charge in [0.1, 0.15) is 0 Å². The van der Waals surface area contributed by atoms with E-state index >= 15 is 0 Å². The molecule has 4 heteroatoms. The van der Waals surface area contributed by atoms with Gasteiger partial charge in [-0.25, -0.2) is 0 Å². The second kappa shape index (κ2) is 7.28. The van der Waals surface area contributed by atoms with Crippen LogP contribution in [0.5, 0.6) is 0 Å². The molecule has 1 amide bonds. The highest BCUT2D eigenvalue weighted by Crippen LogP contribution is 2.29. The summed E-state index contributed by atoms with van der Waals surface area (Å²) in [5, 5.41) is 7.12. The van der Waals surface area contributed by atoms with Crippen molar-refractivity contribution in [2.24, 2.45) is 5.92 Å². The smallest absolute Gasteiger partial charge is 0.230 e. The number of piperidine rings is 1. The molecule has 0 aliphatic carbocycles. The fourth-order valence-electron chi connectivity index (χ4n) is 2.87. The third-order valence-electron chi connectivity index (χ3n) is 4.35. The average molecular weight is 309 g/mol. The minimum atomic E-state index is -0.608. The second-order valence-electron chi connectivity index (χ2n) is 6.36. The first-order valence-electron chi connectivity index (χ1n) is 7.76. The number of carbonyl (C=O) groups is 1. The first kappa shape index (κ1) is 16.3. The third-order valence-corrected chi connectivity index (χ3v) is 4.68. The molecule has 0 aromatic heterocycles. The van der Waals surface area contributed by atoms with E-state index in [1.54, 1.807) is 0 Å². The molecular formula is C17H25ClN2O. The van der Waals surface area contributed by atoms with E-state index in [4.69, 9.17) is 11.6 Å². The maximum absolute atomic E-state index is 12.5. The van der Waals surface area contributed by atoms with Gasteiger partial charge in [0.25, 0.3) is 0 Å². The molecule has 1 aliphatic heterocycles. The van der Waals surface area contributed by atoms with Gasteiger partial charge < -0.3 is 10.6 Å². The van der Waals surface area contributed by atoms with Crippen molar-refractivity contribution in [3.05, 3.63) is 34.9 Å². The Morgan fingerprint density at radius 3 is 2.86 bits per heavy atom. The largest absolute Gasteiger partial charge is 0.355 e. The molecule has 2 rings (SSSR count). The molecule has 0 radical (unpaired) electrons.